The lowest BCUT2D eigenvalue weighted by Gasteiger charge is -2.30. The molecule has 0 aliphatic carbocycles. The molecule has 1 aliphatic rings. The Balaban J connectivity index is 2.15. The van der Waals surface area contributed by atoms with Gasteiger partial charge in [0.25, 0.3) is 0 Å². The summed E-state index contributed by atoms with van der Waals surface area (Å²) in [5.74, 6) is 0.383. The summed E-state index contributed by atoms with van der Waals surface area (Å²) in [4.78, 5) is 11.3. The first-order chi connectivity index (χ1) is 9.93. The monoisotopic (exact) mass is 312 g/mol. The molecule has 1 N–H and O–H groups in total. The highest BCUT2D eigenvalue weighted by Crippen LogP contribution is 2.24. The van der Waals surface area contributed by atoms with Crippen LogP contribution < -0.4 is 5.32 Å². The number of hydrogen-bond donors (Lipinski definition) is 1. The van der Waals surface area contributed by atoms with Crippen molar-refractivity contribution in [2.24, 2.45) is 5.92 Å². The van der Waals surface area contributed by atoms with Crippen molar-refractivity contribution in [1.29, 1.82) is 0 Å². The van der Waals surface area contributed by atoms with Crippen LogP contribution in [0.2, 0.25) is 0 Å². The zero-order chi connectivity index (χ0) is 15.5. The van der Waals surface area contributed by atoms with Crippen molar-refractivity contribution in [3.63, 3.8) is 0 Å². The summed E-state index contributed by atoms with van der Waals surface area (Å²) in [6.07, 6.45) is 1.37. The second kappa shape index (κ2) is 6.44. The zero-order valence-electron chi connectivity index (χ0n) is 12.2. The standard InChI is InChI=1S/C14H20N2O4S/c1-11-4-3-9-16(10-11)21(18,19)13-7-5-12(6-8-13)15-14(17)20-2/h5-8,11H,3-4,9-10H2,1-2H3,(H,15,17). The minimum atomic E-state index is -3.46. The molecule has 1 saturated heterocycles. The highest BCUT2D eigenvalue weighted by molar-refractivity contribution is 7.89. The largest absolute Gasteiger partial charge is 0.453 e. The summed E-state index contributed by atoms with van der Waals surface area (Å²) in [5.41, 5.74) is 0.493. The van der Waals surface area contributed by atoms with Crippen LogP contribution in [0, 0.1) is 5.92 Å². The first-order valence-corrected chi connectivity index (χ1v) is 8.32. The van der Waals surface area contributed by atoms with E-state index in [0.717, 1.165) is 12.8 Å². The van der Waals surface area contributed by atoms with Gasteiger partial charge in [0.2, 0.25) is 10.0 Å². The van der Waals surface area contributed by atoms with E-state index in [1.165, 1.54) is 23.5 Å². The number of nitrogens with one attached hydrogen (secondary N) is 1. The van der Waals surface area contributed by atoms with Gasteiger partial charge in [0, 0.05) is 18.8 Å². The van der Waals surface area contributed by atoms with Gasteiger partial charge in [-0.2, -0.15) is 4.31 Å². The molecule has 1 atom stereocenters. The molecular weight excluding hydrogens is 292 g/mol. The Kier molecular flexibility index (Phi) is 4.84. The fourth-order valence-electron chi connectivity index (χ4n) is 2.39. The third kappa shape index (κ3) is 3.74. The lowest BCUT2D eigenvalue weighted by atomic mass is 10.0. The maximum absolute atomic E-state index is 12.5. The summed E-state index contributed by atoms with van der Waals surface area (Å²) in [5, 5.41) is 2.49. The number of carbonyl (C=O) groups is 1. The van der Waals surface area contributed by atoms with Crippen molar-refractivity contribution in [2.75, 3.05) is 25.5 Å². The molecule has 21 heavy (non-hydrogen) atoms. The molecule has 0 aromatic heterocycles. The molecule has 0 spiro atoms. The Morgan fingerprint density at radius 3 is 2.57 bits per heavy atom. The molecular formula is C14H20N2O4S. The number of amides is 1. The Labute approximate surface area is 125 Å². The summed E-state index contributed by atoms with van der Waals surface area (Å²) < 4.78 is 31.1. The van der Waals surface area contributed by atoms with Gasteiger partial charge in [0.15, 0.2) is 0 Å². The average molecular weight is 312 g/mol. The molecule has 1 aliphatic heterocycles. The van der Waals surface area contributed by atoms with Crippen LogP contribution in [0.3, 0.4) is 0 Å². The molecule has 0 radical (unpaired) electrons. The number of hydrogen-bond acceptors (Lipinski definition) is 4. The van der Waals surface area contributed by atoms with E-state index in [-0.39, 0.29) is 4.90 Å². The average Bonchev–Trinajstić information content (AvgIpc) is 2.47. The lowest BCUT2D eigenvalue weighted by Crippen LogP contribution is -2.39. The Hall–Kier alpha value is -1.60. The number of rotatable bonds is 3. The number of methoxy groups -OCH3 is 1. The summed E-state index contributed by atoms with van der Waals surface area (Å²) in [6, 6.07) is 6.11. The van der Waals surface area contributed by atoms with Crippen LogP contribution in [0.4, 0.5) is 10.5 Å². The maximum Gasteiger partial charge on any atom is 0.411 e. The van der Waals surface area contributed by atoms with Gasteiger partial charge in [-0.05, 0) is 43.0 Å². The molecule has 1 fully saturated rings. The number of sulfonamides is 1. The highest BCUT2D eigenvalue weighted by Gasteiger charge is 2.28. The number of benzene rings is 1. The summed E-state index contributed by atoms with van der Waals surface area (Å²) in [7, 11) is -2.19. The molecule has 0 saturated carbocycles. The van der Waals surface area contributed by atoms with Gasteiger partial charge >= 0.3 is 6.09 Å². The molecule has 6 nitrogen and oxygen atoms in total. The van der Waals surface area contributed by atoms with Crippen molar-refractivity contribution in [3.05, 3.63) is 24.3 Å². The quantitative estimate of drug-likeness (QED) is 0.929. The van der Waals surface area contributed by atoms with E-state index in [4.69, 9.17) is 0 Å². The van der Waals surface area contributed by atoms with E-state index in [1.807, 2.05) is 0 Å². The maximum atomic E-state index is 12.5. The number of nitrogens with zero attached hydrogens (tertiary/aromatic N) is 1. The Bertz CT molecular complexity index is 598. The van der Waals surface area contributed by atoms with Crippen molar-refractivity contribution in [3.8, 4) is 0 Å². The molecule has 7 heteroatoms. The third-order valence-corrected chi connectivity index (χ3v) is 5.42. The van der Waals surface area contributed by atoms with Gasteiger partial charge in [-0.3, -0.25) is 5.32 Å². The van der Waals surface area contributed by atoms with E-state index >= 15 is 0 Å². The van der Waals surface area contributed by atoms with Gasteiger partial charge in [-0.1, -0.05) is 6.92 Å². The van der Waals surface area contributed by atoms with Crippen LogP contribution in [-0.4, -0.2) is 39.0 Å². The van der Waals surface area contributed by atoms with Crippen molar-refractivity contribution in [1.82, 2.24) is 4.31 Å². The predicted molar refractivity (Wildman–Crippen MR) is 79.6 cm³/mol. The minimum Gasteiger partial charge on any atom is -0.453 e. The van der Waals surface area contributed by atoms with Gasteiger partial charge in [-0.25, -0.2) is 13.2 Å². The molecule has 0 bridgehead atoms. The van der Waals surface area contributed by atoms with Crippen molar-refractivity contribution in [2.45, 2.75) is 24.7 Å². The highest BCUT2D eigenvalue weighted by atomic mass is 32.2. The molecule has 1 unspecified atom stereocenters. The third-order valence-electron chi connectivity index (χ3n) is 3.54. The molecule has 1 heterocycles. The molecule has 1 aromatic carbocycles. The van der Waals surface area contributed by atoms with Crippen LogP contribution in [0.15, 0.2) is 29.2 Å². The van der Waals surface area contributed by atoms with E-state index in [0.29, 0.717) is 24.7 Å². The fourth-order valence-corrected chi connectivity index (χ4v) is 3.99. The number of anilines is 1. The van der Waals surface area contributed by atoms with Crippen molar-refractivity contribution >= 4 is 21.8 Å². The van der Waals surface area contributed by atoms with Gasteiger partial charge in [-0.15, -0.1) is 0 Å². The smallest absolute Gasteiger partial charge is 0.411 e. The van der Waals surface area contributed by atoms with Gasteiger partial charge in [0.05, 0.1) is 12.0 Å². The SMILES string of the molecule is COC(=O)Nc1ccc(S(=O)(=O)N2CCCC(C)C2)cc1. The molecule has 2 rings (SSSR count). The molecule has 1 aromatic rings. The minimum absolute atomic E-state index is 0.243. The number of carbonyl (C=O) groups excluding carboxylic acids is 1. The van der Waals surface area contributed by atoms with Crippen LogP contribution >= 0.6 is 0 Å². The molecule has 116 valence electrons. The normalized spacial score (nSPS) is 20.0. The summed E-state index contributed by atoms with van der Waals surface area (Å²) >= 11 is 0. The van der Waals surface area contributed by atoms with Crippen LogP contribution in [0.5, 0.6) is 0 Å². The zero-order valence-corrected chi connectivity index (χ0v) is 13.0. The van der Waals surface area contributed by atoms with Gasteiger partial charge < -0.3 is 4.74 Å². The Morgan fingerprint density at radius 2 is 2.00 bits per heavy atom. The predicted octanol–water partition coefficient (Wildman–Crippen LogP) is 2.29. The fraction of sp³-hybridized carbons (Fsp3) is 0.500. The van der Waals surface area contributed by atoms with E-state index in [9.17, 15) is 13.2 Å². The van der Waals surface area contributed by atoms with Crippen LogP contribution in [-0.2, 0) is 14.8 Å². The van der Waals surface area contributed by atoms with Crippen LogP contribution in [0.25, 0.3) is 0 Å². The number of ether oxygens (including phenoxy) is 1. The second-order valence-corrected chi connectivity index (χ2v) is 7.19. The molecule has 1 amide bonds. The van der Waals surface area contributed by atoms with Gasteiger partial charge in [0.1, 0.15) is 0 Å². The van der Waals surface area contributed by atoms with Crippen molar-refractivity contribution < 1.29 is 17.9 Å². The first kappa shape index (κ1) is 15.8. The lowest BCUT2D eigenvalue weighted by molar-refractivity contribution is 0.187. The topological polar surface area (TPSA) is 75.7 Å². The number of piperidine rings is 1. The second-order valence-electron chi connectivity index (χ2n) is 5.25. The van der Waals surface area contributed by atoms with E-state index < -0.39 is 16.1 Å². The first-order valence-electron chi connectivity index (χ1n) is 6.88. The van der Waals surface area contributed by atoms with Crippen LogP contribution in [0.1, 0.15) is 19.8 Å². The Morgan fingerprint density at radius 1 is 1.33 bits per heavy atom. The summed E-state index contributed by atoms with van der Waals surface area (Å²) in [6.45, 7) is 3.18. The van der Waals surface area contributed by atoms with E-state index in [2.05, 4.69) is 17.0 Å². The van der Waals surface area contributed by atoms with E-state index in [1.54, 1.807) is 12.1 Å².